The summed E-state index contributed by atoms with van der Waals surface area (Å²) in [5, 5.41) is 7.71. The average molecular weight is 843 g/mol. The summed E-state index contributed by atoms with van der Waals surface area (Å²) in [6, 6.07) is 41.1. The Bertz CT molecular complexity index is 2890. The number of allylic oxidation sites excluding steroid dienone is 7. The fourth-order valence-electron chi connectivity index (χ4n) is 8.37. The topological polar surface area (TPSA) is 52.9 Å². The summed E-state index contributed by atoms with van der Waals surface area (Å²) < 4.78 is 0. The second kappa shape index (κ2) is 16.5. The van der Waals surface area contributed by atoms with Crippen molar-refractivity contribution < 1.29 is 0 Å². The number of benzene rings is 4. The molecular weight excluding hydrogens is 793 g/mol. The third kappa shape index (κ3) is 7.69. The van der Waals surface area contributed by atoms with Crippen molar-refractivity contribution in [2.45, 2.75) is 58.8 Å². The smallest absolute Gasteiger partial charge is 0.0791 e. The Balaban J connectivity index is 1.36. The lowest BCUT2D eigenvalue weighted by molar-refractivity contribution is 1.25. The van der Waals surface area contributed by atoms with Crippen LogP contribution in [0.5, 0.6) is 0 Å². The molecule has 4 radical (unpaired) electrons. The molecule has 1 aromatic heterocycles. The maximum atomic E-state index is 5.56. The van der Waals surface area contributed by atoms with Crippen molar-refractivity contribution in [3.8, 4) is 0 Å². The van der Waals surface area contributed by atoms with E-state index in [4.69, 9.17) is 15.0 Å². The molecule has 0 unspecified atom stereocenters. The van der Waals surface area contributed by atoms with Crippen molar-refractivity contribution in [1.82, 2.24) is 4.98 Å². The van der Waals surface area contributed by atoms with E-state index in [9.17, 15) is 0 Å². The van der Waals surface area contributed by atoms with Crippen molar-refractivity contribution in [2.75, 3.05) is 0 Å². The molecule has 60 heavy (non-hydrogen) atoms. The molecule has 4 nitrogen and oxygen atoms in total. The van der Waals surface area contributed by atoms with Crippen LogP contribution in [0.25, 0.3) is 22.3 Å². The van der Waals surface area contributed by atoms with Crippen LogP contribution in [0, 0.1) is 0 Å². The first kappa shape index (κ1) is 39.9. The summed E-state index contributed by atoms with van der Waals surface area (Å²) in [4.78, 5) is 20.5. The molecule has 8 bridgehead atoms. The third-order valence-electron chi connectivity index (χ3n) is 11.8. The molecule has 0 atom stereocenters. The monoisotopic (exact) mass is 842 g/mol. The van der Waals surface area contributed by atoms with Gasteiger partial charge in [-0.2, -0.15) is 0 Å². The Morgan fingerprint density at radius 2 is 0.733 bits per heavy atom. The van der Waals surface area contributed by atoms with Gasteiger partial charge in [0.1, 0.15) is 0 Å². The number of aromatic nitrogens is 1. The number of H-pyrrole nitrogens is 1. The molecule has 1 N–H and O–H groups in total. The number of nitrogens with zero attached hydrogens (tertiary/aromatic N) is 3. The molecule has 8 heteroatoms. The lowest BCUT2D eigenvalue weighted by Gasteiger charge is -2.14. The minimum absolute atomic E-state index is 0.596. The minimum Gasteiger partial charge on any atom is -0.354 e. The van der Waals surface area contributed by atoms with E-state index in [0.717, 1.165) is 89.5 Å². The number of nitrogens with one attached hydrogen (secondary N) is 1. The Morgan fingerprint density at radius 3 is 1.12 bits per heavy atom. The number of hydrogen-bond donors (Lipinski definition) is 1. The van der Waals surface area contributed by atoms with Crippen molar-refractivity contribution in [2.24, 2.45) is 15.0 Å². The van der Waals surface area contributed by atoms with Crippen molar-refractivity contribution >= 4 is 95.4 Å². The number of hydrogen-bond acceptors (Lipinski definition) is 3. The molecule has 0 aliphatic carbocycles. The van der Waals surface area contributed by atoms with Gasteiger partial charge >= 0.3 is 0 Å². The van der Waals surface area contributed by atoms with Gasteiger partial charge in [0.2, 0.25) is 0 Å². The molecule has 5 aromatic rings. The van der Waals surface area contributed by atoms with Crippen LogP contribution < -0.4 is 31.4 Å². The zero-order valence-electron chi connectivity index (χ0n) is 35.8. The highest BCUT2D eigenvalue weighted by Gasteiger charge is 2.27. The summed E-state index contributed by atoms with van der Waals surface area (Å²) in [7, 11) is -2.39. The normalized spacial score (nSPS) is 16.3. The molecule has 0 saturated carbocycles. The molecule has 0 amide bonds. The summed E-state index contributed by atoms with van der Waals surface area (Å²) >= 11 is 0. The third-order valence-corrected chi connectivity index (χ3v) is 17.8. The van der Waals surface area contributed by atoms with Crippen LogP contribution >= 0.6 is 0 Å². The molecule has 294 valence electrons. The molecule has 0 saturated heterocycles. The number of aliphatic imine (C=N–C) groups is 3. The van der Waals surface area contributed by atoms with E-state index in [1.165, 1.54) is 20.7 Å². The second-order valence-corrected chi connectivity index (χ2v) is 27.2. The van der Waals surface area contributed by atoms with Crippen LogP contribution in [0.3, 0.4) is 0 Å². The van der Waals surface area contributed by atoms with E-state index in [1.54, 1.807) is 0 Å². The predicted octanol–water partition coefficient (Wildman–Crippen LogP) is 7.84. The average Bonchev–Trinajstić information content (AvgIpc) is 4.10. The molecule has 4 aromatic carbocycles. The SMILES string of the molecule is C[Si](C)c1ccc(C2=C3C=CC(=N3)C(c3ccc([Si](C)C)cc3)=c3ccc([nH]3)=C(c3ccc([Si](C)C)cc3)C3=NC(=C(c4ccc([Si](C)C)cc4)C4=NC2=CC4)C=C3)cc1. The maximum absolute atomic E-state index is 5.56. The molecule has 4 aliphatic rings. The summed E-state index contributed by atoms with van der Waals surface area (Å²) in [5.74, 6) is 0. The quantitative estimate of drug-likeness (QED) is 0.155. The van der Waals surface area contributed by atoms with E-state index >= 15 is 0 Å². The molecule has 0 fully saturated rings. The van der Waals surface area contributed by atoms with Crippen molar-refractivity contribution in [3.05, 3.63) is 190 Å². The van der Waals surface area contributed by atoms with Crippen LogP contribution in [-0.2, 0) is 0 Å². The van der Waals surface area contributed by atoms with Crippen molar-refractivity contribution in [3.63, 3.8) is 0 Å². The fourth-order valence-corrected chi connectivity index (χ4v) is 11.7. The van der Waals surface area contributed by atoms with Gasteiger partial charge in [-0.05, 0) is 58.7 Å². The minimum atomic E-state index is -0.598. The Labute approximate surface area is 361 Å². The number of aromatic amines is 1. The van der Waals surface area contributed by atoms with Crippen LogP contribution in [0.1, 0.15) is 28.7 Å². The fraction of sp³-hybridized carbons (Fsp3) is 0.173. The Kier molecular flexibility index (Phi) is 11.0. The summed E-state index contributed by atoms with van der Waals surface area (Å²) in [6.07, 6.45) is 11.8. The highest BCUT2D eigenvalue weighted by molar-refractivity contribution is 6.72. The van der Waals surface area contributed by atoms with Crippen LogP contribution in [0.2, 0.25) is 52.4 Å². The van der Waals surface area contributed by atoms with Gasteiger partial charge in [0.15, 0.2) is 0 Å². The maximum Gasteiger partial charge on any atom is 0.0791 e. The first-order valence-electron chi connectivity index (χ1n) is 20.9. The highest BCUT2D eigenvalue weighted by Crippen LogP contribution is 2.38. The van der Waals surface area contributed by atoms with Gasteiger partial charge in [-0.1, -0.05) is 176 Å². The number of fused-ring (bicyclic) bond motifs is 5. The van der Waals surface area contributed by atoms with Crippen LogP contribution in [0.4, 0.5) is 0 Å². The van der Waals surface area contributed by atoms with Crippen LogP contribution in [-0.4, -0.2) is 57.3 Å². The van der Waals surface area contributed by atoms with E-state index in [1.807, 2.05) is 0 Å². The second-order valence-electron chi connectivity index (χ2n) is 16.9. The standard InChI is InChI=1S/C52H50N4Si4/c1-57(2)37-17-9-33(10-18-37)49-41-25-27-43(53-41)50(34-11-19-38(20-12-34)58(3)4)45-29-31-47(55-45)52(36-15-23-40(24-16-36)60(7)8)48-32-30-46(56-48)51(44-28-26-42(49)54-44)35-13-21-39(22-14-35)59(5)6/h9-31,53H,32H2,1-8H3. The highest BCUT2D eigenvalue weighted by atomic mass is 28.3. The Morgan fingerprint density at radius 1 is 0.383 bits per heavy atom. The van der Waals surface area contributed by atoms with Crippen LogP contribution in [0.15, 0.2) is 172 Å². The van der Waals surface area contributed by atoms with E-state index in [0.29, 0.717) is 6.42 Å². The van der Waals surface area contributed by atoms with E-state index in [2.05, 4.69) is 197 Å². The van der Waals surface area contributed by atoms with Crippen molar-refractivity contribution in [1.29, 1.82) is 0 Å². The Hall–Kier alpha value is -5.52. The first-order valence-corrected chi connectivity index (χ1v) is 30.9. The molecule has 9 rings (SSSR count). The first-order chi connectivity index (χ1) is 29.0. The predicted molar refractivity (Wildman–Crippen MR) is 266 cm³/mol. The van der Waals surface area contributed by atoms with E-state index < -0.39 is 35.2 Å². The van der Waals surface area contributed by atoms with Gasteiger partial charge < -0.3 is 4.98 Å². The van der Waals surface area contributed by atoms with Gasteiger partial charge in [0, 0.05) is 39.4 Å². The van der Waals surface area contributed by atoms with Gasteiger partial charge in [-0.3, -0.25) is 4.99 Å². The lowest BCUT2D eigenvalue weighted by atomic mass is 9.97. The lowest BCUT2D eigenvalue weighted by Crippen LogP contribution is -2.24. The molecule has 5 heterocycles. The van der Waals surface area contributed by atoms with Gasteiger partial charge in [-0.25, -0.2) is 9.98 Å². The number of rotatable bonds is 8. The summed E-state index contributed by atoms with van der Waals surface area (Å²) in [5.41, 5.74) is 14.5. The van der Waals surface area contributed by atoms with E-state index in [-0.39, 0.29) is 0 Å². The zero-order valence-corrected chi connectivity index (χ0v) is 39.8. The van der Waals surface area contributed by atoms with Gasteiger partial charge in [-0.15, -0.1) is 0 Å². The van der Waals surface area contributed by atoms with Gasteiger partial charge in [0.05, 0.1) is 69.4 Å². The molecule has 0 spiro atoms. The molecule has 4 aliphatic heterocycles. The van der Waals surface area contributed by atoms with Gasteiger partial charge in [0.25, 0.3) is 0 Å². The molecular formula is C52H50N4Si4. The summed E-state index contributed by atoms with van der Waals surface area (Å²) in [6.45, 7) is 18.8. The zero-order chi connectivity index (χ0) is 41.7. The largest absolute Gasteiger partial charge is 0.354 e.